The quantitative estimate of drug-likeness (QED) is 0.654. The molecule has 0 saturated heterocycles. The van der Waals surface area contributed by atoms with E-state index in [4.69, 9.17) is 10.5 Å². The van der Waals surface area contributed by atoms with Gasteiger partial charge in [0, 0.05) is 12.1 Å². The fourth-order valence-corrected chi connectivity index (χ4v) is 2.20. The molecule has 2 unspecified atom stereocenters. The Kier molecular flexibility index (Phi) is 4.68. The van der Waals surface area contributed by atoms with E-state index in [-0.39, 0.29) is 17.8 Å². The van der Waals surface area contributed by atoms with E-state index in [0.717, 1.165) is 25.7 Å². The van der Waals surface area contributed by atoms with Crippen LogP contribution < -0.4 is 10.5 Å². The molecule has 0 spiro atoms. The predicted molar refractivity (Wildman–Crippen MR) is 68.8 cm³/mol. The fourth-order valence-electron chi connectivity index (χ4n) is 2.20. The summed E-state index contributed by atoms with van der Waals surface area (Å²) in [6.45, 7) is 0. The Morgan fingerprint density at radius 3 is 2.74 bits per heavy atom. The van der Waals surface area contributed by atoms with Crippen LogP contribution in [0.3, 0.4) is 0 Å². The number of esters is 1. The van der Waals surface area contributed by atoms with Crippen molar-refractivity contribution < 1.29 is 14.3 Å². The zero-order chi connectivity index (χ0) is 13.7. The van der Waals surface area contributed by atoms with Crippen molar-refractivity contribution in [3.05, 3.63) is 17.8 Å². The summed E-state index contributed by atoms with van der Waals surface area (Å²) in [5.74, 6) is -0.111. The Hall–Kier alpha value is -1.69. The summed E-state index contributed by atoms with van der Waals surface area (Å²) in [7, 11) is 1.30. The Balaban J connectivity index is 2.00. The predicted octanol–water partition coefficient (Wildman–Crippen LogP) is 1.30. The van der Waals surface area contributed by atoms with Crippen molar-refractivity contribution in [1.29, 1.82) is 0 Å². The molecule has 2 rings (SSSR count). The van der Waals surface area contributed by atoms with Crippen molar-refractivity contribution in [2.24, 2.45) is 5.73 Å². The van der Waals surface area contributed by atoms with E-state index in [9.17, 15) is 4.79 Å². The molecule has 1 aromatic rings. The van der Waals surface area contributed by atoms with Gasteiger partial charge in [0.25, 0.3) is 0 Å². The molecule has 2 atom stereocenters. The monoisotopic (exact) mass is 265 g/mol. The second kappa shape index (κ2) is 6.47. The summed E-state index contributed by atoms with van der Waals surface area (Å²) < 4.78 is 10.3. The molecule has 2 N–H and O–H groups in total. The molecule has 0 amide bonds. The van der Waals surface area contributed by atoms with Crippen molar-refractivity contribution in [1.82, 2.24) is 10.2 Å². The number of nitrogens with zero attached hydrogens (tertiary/aromatic N) is 2. The highest BCUT2D eigenvalue weighted by Gasteiger charge is 2.22. The summed E-state index contributed by atoms with van der Waals surface area (Å²) in [5.41, 5.74) is 6.25. The number of carbonyl (C=O) groups excluding carboxylic acids is 1. The number of carbonyl (C=O) groups is 1. The van der Waals surface area contributed by atoms with Gasteiger partial charge in [-0.25, -0.2) is 4.79 Å². The highest BCUT2D eigenvalue weighted by molar-refractivity contribution is 5.86. The summed E-state index contributed by atoms with van der Waals surface area (Å²) in [6, 6.07) is 3.19. The Morgan fingerprint density at radius 2 is 2.05 bits per heavy atom. The van der Waals surface area contributed by atoms with Gasteiger partial charge in [-0.2, -0.15) is 0 Å². The maximum atomic E-state index is 11.2. The van der Waals surface area contributed by atoms with Crippen LogP contribution >= 0.6 is 0 Å². The van der Waals surface area contributed by atoms with E-state index in [1.165, 1.54) is 19.6 Å². The fraction of sp³-hybridized carbons (Fsp3) is 0.615. The van der Waals surface area contributed by atoms with Gasteiger partial charge in [0.05, 0.1) is 7.11 Å². The van der Waals surface area contributed by atoms with Crippen LogP contribution in [0.1, 0.15) is 42.6 Å². The first-order valence-corrected chi connectivity index (χ1v) is 6.55. The smallest absolute Gasteiger partial charge is 0.358 e. The molecule has 0 radical (unpaired) electrons. The Morgan fingerprint density at radius 1 is 1.26 bits per heavy atom. The topological polar surface area (TPSA) is 87.3 Å². The van der Waals surface area contributed by atoms with Gasteiger partial charge in [-0.05, 0) is 25.3 Å². The molecule has 6 nitrogen and oxygen atoms in total. The molecule has 1 saturated carbocycles. The lowest BCUT2D eigenvalue weighted by molar-refractivity contribution is 0.0592. The minimum atomic E-state index is -0.509. The molecule has 1 aliphatic rings. The normalized spacial score (nSPS) is 23.5. The lowest BCUT2D eigenvalue weighted by atomic mass is 10.1. The van der Waals surface area contributed by atoms with Crippen molar-refractivity contribution in [2.45, 2.75) is 44.2 Å². The standard InChI is InChI=1S/C13H19N3O3/c1-18-13(17)10-7-8-12(16-15-10)19-11-6-4-2-3-5-9(11)14/h7-9,11H,2-6,14H2,1H3. The third kappa shape index (κ3) is 3.64. The third-order valence-corrected chi connectivity index (χ3v) is 3.31. The Bertz CT molecular complexity index is 422. The van der Waals surface area contributed by atoms with Gasteiger partial charge in [0.1, 0.15) is 6.10 Å². The Labute approximate surface area is 112 Å². The number of rotatable bonds is 3. The van der Waals surface area contributed by atoms with Gasteiger partial charge in [-0.3, -0.25) is 0 Å². The van der Waals surface area contributed by atoms with Crippen LogP contribution in [0.2, 0.25) is 0 Å². The SMILES string of the molecule is COC(=O)c1ccc(OC2CCCCCC2N)nn1. The molecule has 1 aromatic heterocycles. The summed E-state index contributed by atoms with van der Waals surface area (Å²) >= 11 is 0. The van der Waals surface area contributed by atoms with E-state index >= 15 is 0 Å². The van der Waals surface area contributed by atoms with Crippen LogP contribution in [0.4, 0.5) is 0 Å². The van der Waals surface area contributed by atoms with Crippen LogP contribution in [-0.2, 0) is 4.74 Å². The first kappa shape index (κ1) is 13.7. The minimum Gasteiger partial charge on any atom is -0.472 e. The van der Waals surface area contributed by atoms with Crippen LogP contribution in [-0.4, -0.2) is 35.4 Å². The van der Waals surface area contributed by atoms with Crippen LogP contribution in [0.15, 0.2) is 12.1 Å². The first-order chi connectivity index (χ1) is 9.20. The number of aromatic nitrogens is 2. The first-order valence-electron chi connectivity index (χ1n) is 6.55. The highest BCUT2D eigenvalue weighted by Crippen LogP contribution is 2.20. The number of hydrogen-bond acceptors (Lipinski definition) is 6. The molecular weight excluding hydrogens is 246 g/mol. The molecule has 1 heterocycles. The third-order valence-electron chi connectivity index (χ3n) is 3.31. The molecule has 0 aliphatic heterocycles. The lowest BCUT2D eigenvalue weighted by Crippen LogP contribution is -2.38. The van der Waals surface area contributed by atoms with Gasteiger partial charge in [0.15, 0.2) is 5.69 Å². The summed E-state index contributed by atoms with van der Waals surface area (Å²) in [5, 5.41) is 7.65. The van der Waals surface area contributed by atoms with Gasteiger partial charge in [-0.1, -0.05) is 12.8 Å². The minimum absolute atomic E-state index is 0.0271. The molecule has 104 valence electrons. The van der Waals surface area contributed by atoms with E-state index in [1.54, 1.807) is 6.07 Å². The number of methoxy groups -OCH3 is 1. The van der Waals surface area contributed by atoms with Crippen molar-refractivity contribution in [3.63, 3.8) is 0 Å². The highest BCUT2D eigenvalue weighted by atomic mass is 16.5. The summed E-state index contributed by atoms with van der Waals surface area (Å²) in [6.07, 6.45) is 5.33. The largest absolute Gasteiger partial charge is 0.472 e. The summed E-state index contributed by atoms with van der Waals surface area (Å²) in [4.78, 5) is 11.2. The average molecular weight is 265 g/mol. The van der Waals surface area contributed by atoms with Crippen molar-refractivity contribution in [3.8, 4) is 5.88 Å². The molecule has 1 fully saturated rings. The van der Waals surface area contributed by atoms with Crippen molar-refractivity contribution >= 4 is 5.97 Å². The maximum absolute atomic E-state index is 11.2. The van der Waals surface area contributed by atoms with Gasteiger partial charge in [0.2, 0.25) is 5.88 Å². The molecular formula is C13H19N3O3. The zero-order valence-corrected chi connectivity index (χ0v) is 11.0. The molecule has 19 heavy (non-hydrogen) atoms. The second-order valence-corrected chi connectivity index (χ2v) is 4.71. The zero-order valence-electron chi connectivity index (χ0n) is 11.0. The molecule has 1 aliphatic carbocycles. The lowest BCUT2D eigenvalue weighted by Gasteiger charge is -2.21. The van der Waals surface area contributed by atoms with E-state index in [0.29, 0.717) is 5.88 Å². The average Bonchev–Trinajstić information content (AvgIpc) is 2.64. The molecule has 0 aromatic carbocycles. The van der Waals surface area contributed by atoms with Gasteiger partial charge in [-0.15, -0.1) is 10.2 Å². The van der Waals surface area contributed by atoms with Crippen LogP contribution in [0.5, 0.6) is 5.88 Å². The number of ether oxygens (including phenoxy) is 2. The number of nitrogens with two attached hydrogens (primary N) is 1. The molecule has 0 bridgehead atoms. The van der Waals surface area contributed by atoms with E-state index in [2.05, 4.69) is 14.9 Å². The maximum Gasteiger partial charge on any atom is 0.358 e. The van der Waals surface area contributed by atoms with Crippen molar-refractivity contribution in [2.75, 3.05) is 7.11 Å². The van der Waals surface area contributed by atoms with E-state index in [1.807, 2.05) is 0 Å². The van der Waals surface area contributed by atoms with Crippen LogP contribution in [0.25, 0.3) is 0 Å². The second-order valence-electron chi connectivity index (χ2n) is 4.71. The van der Waals surface area contributed by atoms with E-state index < -0.39 is 5.97 Å². The number of hydrogen-bond donors (Lipinski definition) is 1. The van der Waals surface area contributed by atoms with Crippen LogP contribution in [0, 0.1) is 0 Å². The molecule has 6 heteroatoms. The van der Waals surface area contributed by atoms with Gasteiger partial charge >= 0.3 is 5.97 Å². The van der Waals surface area contributed by atoms with Gasteiger partial charge < -0.3 is 15.2 Å².